The summed E-state index contributed by atoms with van der Waals surface area (Å²) in [5.74, 6) is 1.43. The molecule has 4 rings (SSSR count). The molecule has 0 heterocycles. The molecule has 0 saturated heterocycles. The third-order valence-corrected chi connectivity index (χ3v) is 5.78. The molecule has 6 nitrogen and oxygen atoms in total. The number of halogens is 1. The summed E-state index contributed by atoms with van der Waals surface area (Å²) in [5.41, 5.74) is 3.22. The number of carbonyl (C=O) groups excluding carboxylic acids is 1. The number of nitrogens with one attached hydrogen (secondary N) is 1. The van der Waals surface area contributed by atoms with Crippen molar-refractivity contribution in [3.8, 4) is 23.3 Å². The number of nitriles is 1. The molecule has 0 atom stereocenters. The first-order chi connectivity index (χ1) is 18.5. The lowest BCUT2D eigenvalue weighted by Gasteiger charge is -2.13. The second kappa shape index (κ2) is 13.0. The van der Waals surface area contributed by atoms with E-state index >= 15 is 0 Å². The number of benzene rings is 4. The SMILES string of the molecule is COc1cc(COc2ccc(/C=C(/C#N)C(=O)Nc3ccc(Cl)cc3)cc2)ccc1OCc1ccccc1. The van der Waals surface area contributed by atoms with Crippen LogP contribution in [0.15, 0.2) is 103 Å². The molecule has 4 aromatic rings. The number of ether oxygens (including phenoxy) is 3. The minimum absolute atomic E-state index is 0.0183. The quantitative estimate of drug-likeness (QED) is 0.177. The van der Waals surface area contributed by atoms with Gasteiger partial charge < -0.3 is 19.5 Å². The summed E-state index contributed by atoms with van der Waals surface area (Å²) in [4.78, 5) is 12.5. The van der Waals surface area contributed by atoms with Crippen LogP contribution in [0.25, 0.3) is 6.08 Å². The highest BCUT2D eigenvalue weighted by atomic mass is 35.5. The molecule has 4 aromatic carbocycles. The number of amides is 1. The Labute approximate surface area is 226 Å². The maximum atomic E-state index is 12.5. The number of anilines is 1. The number of hydrogen-bond donors (Lipinski definition) is 1. The van der Waals surface area contributed by atoms with Gasteiger partial charge in [0.25, 0.3) is 5.91 Å². The summed E-state index contributed by atoms with van der Waals surface area (Å²) in [6.45, 7) is 0.779. The molecule has 190 valence electrons. The smallest absolute Gasteiger partial charge is 0.266 e. The lowest BCUT2D eigenvalue weighted by atomic mass is 10.1. The molecular formula is C31H25ClN2O4. The Bertz CT molecular complexity index is 1440. The van der Waals surface area contributed by atoms with Crippen LogP contribution < -0.4 is 19.5 Å². The van der Waals surface area contributed by atoms with Gasteiger partial charge in [0.1, 0.15) is 30.6 Å². The minimum atomic E-state index is -0.500. The fourth-order valence-electron chi connectivity index (χ4n) is 3.53. The van der Waals surface area contributed by atoms with Gasteiger partial charge in [0.2, 0.25) is 0 Å². The lowest BCUT2D eigenvalue weighted by molar-refractivity contribution is -0.112. The minimum Gasteiger partial charge on any atom is -0.493 e. The molecule has 0 aromatic heterocycles. The van der Waals surface area contributed by atoms with Crippen LogP contribution in [0.2, 0.25) is 5.02 Å². The number of methoxy groups -OCH3 is 1. The number of carbonyl (C=O) groups is 1. The molecule has 38 heavy (non-hydrogen) atoms. The van der Waals surface area contributed by atoms with Gasteiger partial charge in [-0.05, 0) is 71.3 Å². The standard InChI is InChI=1S/C31H25ClN2O4/c1-36-30-18-24(9-16-29(30)38-20-23-5-3-2-4-6-23)21-37-28-14-7-22(8-15-28)17-25(19-33)31(35)34-27-12-10-26(32)11-13-27/h2-18H,20-21H2,1H3,(H,34,35)/b25-17-. The van der Waals surface area contributed by atoms with Gasteiger partial charge in [0, 0.05) is 10.7 Å². The van der Waals surface area contributed by atoms with E-state index in [1.54, 1.807) is 55.6 Å². The molecule has 1 N–H and O–H groups in total. The zero-order valence-corrected chi connectivity index (χ0v) is 21.4. The summed E-state index contributed by atoms with van der Waals surface area (Å²) >= 11 is 5.87. The molecule has 7 heteroatoms. The van der Waals surface area contributed by atoms with E-state index in [9.17, 15) is 10.1 Å². The summed E-state index contributed by atoms with van der Waals surface area (Å²) in [7, 11) is 1.60. The van der Waals surface area contributed by atoms with Crippen molar-refractivity contribution in [1.29, 1.82) is 5.26 Å². The van der Waals surface area contributed by atoms with Gasteiger partial charge in [-0.3, -0.25) is 4.79 Å². The van der Waals surface area contributed by atoms with E-state index in [-0.39, 0.29) is 5.57 Å². The zero-order chi connectivity index (χ0) is 26.7. The van der Waals surface area contributed by atoms with Gasteiger partial charge in [-0.25, -0.2) is 0 Å². The number of nitrogens with zero attached hydrogens (tertiary/aromatic N) is 1. The van der Waals surface area contributed by atoms with Crippen molar-refractivity contribution < 1.29 is 19.0 Å². The van der Waals surface area contributed by atoms with Crippen molar-refractivity contribution in [2.45, 2.75) is 13.2 Å². The monoisotopic (exact) mass is 524 g/mol. The van der Waals surface area contributed by atoms with E-state index in [1.807, 2.05) is 54.6 Å². The Morgan fingerprint density at radius 1 is 0.868 bits per heavy atom. The maximum absolute atomic E-state index is 12.5. The van der Waals surface area contributed by atoms with Crippen LogP contribution in [-0.2, 0) is 18.0 Å². The van der Waals surface area contributed by atoms with Crippen LogP contribution >= 0.6 is 11.6 Å². The fourth-order valence-corrected chi connectivity index (χ4v) is 3.66. The summed E-state index contributed by atoms with van der Waals surface area (Å²) in [6.07, 6.45) is 1.52. The molecule has 0 aliphatic rings. The second-order valence-corrected chi connectivity index (χ2v) is 8.68. The zero-order valence-electron chi connectivity index (χ0n) is 20.7. The Kier molecular flexibility index (Phi) is 9.01. The van der Waals surface area contributed by atoms with Crippen molar-refractivity contribution >= 4 is 29.3 Å². The largest absolute Gasteiger partial charge is 0.493 e. The van der Waals surface area contributed by atoms with Gasteiger partial charge in [-0.2, -0.15) is 5.26 Å². The first-order valence-electron chi connectivity index (χ1n) is 11.8. The van der Waals surface area contributed by atoms with Crippen LogP contribution in [0.3, 0.4) is 0 Å². The molecule has 0 aliphatic heterocycles. The van der Waals surface area contributed by atoms with Crippen molar-refractivity contribution in [2.75, 3.05) is 12.4 Å². The van der Waals surface area contributed by atoms with Gasteiger partial charge in [0.15, 0.2) is 11.5 Å². The highest BCUT2D eigenvalue weighted by Gasteiger charge is 2.10. The normalized spacial score (nSPS) is 10.8. The highest BCUT2D eigenvalue weighted by Crippen LogP contribution is 2.29. The van der Waals surface area contributed by atoms with Crippen molar-refractivity contribution in [3.63, 3.8) is 0 Å². The molecule has 0 spiro atoms. The number of rotatable bonds is 10. The van der Waals surface area contributed by atoms with Crippen LogP contribution in [0.5, 0.6) is 17.2 Å². The average Bonchev–Trinajstić information content (AvgIpc) is 2.96. The van der Waals surface area contributed by atoms with Gasteiger partial charge >= 0.3 is 0 Å². The van der Waals surface area contributed by atoms with Crippen LogP contribution in [0, 0.1) is 11.3 Å². The fraction of sp³-hybridized carbons (Fsp3) is 0.0968. The predicted octanol–water partition coefficient (Wildman–Crippen LogP) is 7.05. The first kappa shape index (κ1) is 26.3. The Morgan fingerprint density at radius 3 is 2.26 bits per heavy atom. The van der Waals surface area contributed by atoms with E-state index in [4.69, 9.17) is 25.8 Å². The highest BCUT2D eigenvalue weighted by molar-refractivity contribution is 6.30. The van der Waals surface area contributed by atoms with E-state index in [0.29, 0.717) is 46.7 Å². The van der Waals surface area contributed by atoms with Crippen LogP contribution in [0.4, 0.5) is 5.69 Å². The van der Waals surface area contributed by atoms with Gasteiger partial charge in [0.05, 0.1) is 7.11 Å². The summed E-state index contributed by atoms with van der Waals surface area (Å²) in [6, 6.07) is 31.4. The maximum Gasteiger partial charge on any atom is 0.266 e. The predicted molar refractivity (Wildman–Crippen MR) is 148 cm³/mol. The van der Waals surface area contributed by atoms with Gasteiger partial charge in [-0.15, -0.1) is 0 Å². The Morgan fingerprint density at radius 2 is 1.58 bits per heavy atom. The number of hydrogen-bond acceptors (Lipinski definition) is 5. The lowest BCUT2D eigenvalue weighted by Crippen LogP contribution is -2.13. The molecule has 0 radical (unpaired) electrons. The second-order valence-electron chi connectivity index (χ2n) is 8.25. The summed E-state index contributed by atoms with van der Waals surface area (Å²) < 4.78 is 17.3. The van der Waals surface area contributed by atoms with Crippen LogP contribution in [0.1, 0.15) is 16.7 Å². The van der Waals surface area contributed by atoms with E-state index in [1.165, 1.54) is 6.08 Å². The van der Waals surface area contributed by atoms with Gasteiger partial charge in [-0.1, -0.05) is 60.1 Å². The topological polar surface area (TPSA) is 80.6 Å². The first-order valence-corrected chi connectivity index (χ1v) is 12.2. The average molecular weight is 525 g/mol. The van der Waals surface area contributed by atoms with Crippen LogP contribution in [-0.4, -0.2) is 13.0 Å². The Hall–Kier alpha value is -4.73. The molecule has 0 unspecified atom stereocenters. The third kappa shape index (κ3) is 7.39. The molecule has 1 amide bonds. The molecular weight excluding hydrogens is 500 g/mol. The molecule has 0 fully saturated rings. The van der Waals surface area contributed by atoms with E-state index in [2.05, 4.69) is 5.32 Å². The molecule has 0 saturated carbocycles. The van der Waals surface area contributed by atoms with Crippen molar-refractivity contribution in [2.24, 2.45) is 0 Å². The van der Waals surface area contributed by atoms with Crippen molar-refractivity contribution in [3.05, 3.63) is 124 Å². The van der Waals surface area contributed by atoms with E-state index < -0.39 is 5.91 Å². The van der Waals surface area contributed by atoms with Crippen molar-refractivity contribution in [1.82, 2.24) is 0 Å². The third-order valence-electron chi connectivity index (χ3n) is 5.53. The van der Waals surface area contributed by atoms with E-state index in [0.717, 1.165) is 11.1 Å². The Balaban J connectivity index is 1.34. The summed E-state index contributed by atoms with van der Waals surface area (Å²) in [5, 5.41) is 12.7. The molecule has 0 aliphatic carbocycles. The molecule has 0 bridgehead atoms.